The lowest BCUT2D eigenvalue weighted by atomic mass is 9.77. The monoisotopic (exact) mass is 255 g/mol. The van der Waals surface area contributed by atoms with Crippen molar-refractivity contribution in [3.63, 3.8) is 0 Å². The Morgan fingerprint density at radius 3 is 3.00 bits per heavy atom. The molecular formula is C16H21N3. The zero-order chi connectivity index (χ0) is 13.2. The third-order valence-electron chi connectivity index (χ3n) is 3.81. The van der Waals surface area contributed by atoms with E-state index in [2.05, 4.69) is 59.2 Å². The average Bonchev–Trinajstić information content (AvgIpc) is 2.74. The van der Waals surface area contributed by atoms with Crippen LogP contribution in [0.2, 0.25) is 0 Å². The number of anilines is 1. The smallest absolute Gasteiger partial charge is 0.203 e. The molecule has 1 aliphatic rings. The fraction of sp³-hybridized carbons (Fsp3) is 0.438. The highest BCUT2D eigenvalue weighted by molar-refractivity contribution is 5.40. The van der Waals surface area contributed by atoms with E-state index in [0.717, 1.165) is 31.2 Å². The number of nitrogens with zero attached hydrogens (tertiary/aromatic N) is 2. The first-order valence-electron chi connectivity index (χ1n) is 7.13. The van der Waals surface area contributed by atoms with Crippen LogP contribution >= 0.6 is 0 Å². The van der Waals surface area contributed by atoms with Gasteiger partial charge in [0.25, 0.3) is 0 Å². The fourth-order valence-corrected chi connectivity index (χ4v) is 2.83. The molecule has 1 heterocycles. The molecule has 0 spiro atoms. The molecule has 100 valence electrons. The van der Waals surface area contributed by atoms with Crippen molar-refractivity contribution in [2.24, 2.45) is 0 Å². The van der Waals surface area contributed by atoms with Gasteiger partial charge in [0, 0.05) is 25.2 Å². The molecule has 0 aliphatic heterocycles. The van der Waals surface area contributed by atoms with Gasteiger partial charge in [-0.3, -0.25) is 0 Å². The van der Waals surface area contributed by atoms with E-state index in [-0.39, 0.29) is 0 Å². The van der Waals surface area contributed by atoms with Crippen molar-refractivity contribution < 1.29 is 0 Å². The van der Waals surface area contributed by atoms with Gasteiger partial charge in [-0.2, -0.15) is 0 Å². The Morgan fingerprint density at radius 1 is 1.37 bits per heavy atom. The van der Waals surface area contributed by atoms with Crippen molar-refractivity contribution in [1.82, 2.24) is 9.55 Å². The van der Waals surface area contributed by atoms with Crippen molar-refractivity contribution in [3.8, 4) is 0 Å². The van der Waals surface area contributed by atoms with E-state index in [1.807, 2.05) is 0 Å². The molecular weight excluding hydrogens is 234 g/mol. The quantitative estimate of drug-likeness (QED) is 0.888. The molecule has 1 N–H and O–H groups in total. The van der Waals surface area contributed by atoms with Gasteiger partial charge in [0.2, 0.25) is 5.95 Å². The molecule has 0 amide bonds. The second-order valence-electron chi connectivity index (χ2n) is 5.38. The number of aryl methyl sites for hydroxylation is 1. The Hall–Kier alpha value is -1.77. The first kappa shape index (κ1) is 12.3. The van der Waals surface area contributed by atoms with Gasteiger partial charge in [0.05, 0.1) is 5.69 Å². The van der Waals surface area contributed by atoms with Crippen LogP contribution in [0.25, 0.3) is 0 Å². The van der Waals surface area contributed by atoms with Crippen LogP contribution in [0.15, 0.2) is 30.5 Å². The molecule has 3 rings (SSSR count). The maximum Gasteiger partial charge on any atom is 0.203 e. The first-order valence-corrected chi connectivity index (χ1v) is 7.13. The van der Waals surface area contributed by atoms with Gasteiger partial charge in [-0.1, -0.05) is 31.2 Å². The van der Waals surface area contributed by atoms with E-state index >= 15 is 0 Å². The van der Waals surface area contributed by atoms with E-state index in [1.165, 1.54) is 17.5 Å². The minimum absolute atomic E-state index is 0.645. The number of imidazole rings is 1. The summed E-state index contributed by atoms with van der Waals surface area (Å²) in [7, 11) is 0. The summed E-state index contributed by atoms with van der Waals surface area (Å²) in [5, 5.41) is 3.41. The molecule has 3 nitrogen and oxygen atoms in total. The lowest BCUT2D eigenvalue weighted by molar-refractivity contribution is 0.511. The predicted molar refractivity (Wildman–Crippen MR) is 78.6 cm³/mol. The van der Waals surface area contributed by atoms with Gasteiger partial charge in [-0.15, -0.1) is 0 Å². The van der Waals surface area contributed by atoms with Crippen LogP contribution in [0.5, 0.6) is 0 Å². The zero-order valence-electron chi connectivity index (χ0n) is 11.7. The molecule has 0 saturated carbocycles. The third-order valence-corrected chi connectivity index (χ3v) is 3.81. The topological polar surface area (TPSA) is 29.9 Å². The van der Waals surface area contributed by atoms with Gasteiger partial charge in [-0.05, 0) is 30.9 Å². The van der Waals surface area contributed by atoms with Crippen LogP contribution in [0.4, 0.5) is 5.95 Å². The zero-order valence-corrected chi connectivity index (χ0v) is 11.7. The molecule has 0 saturated heterocycles. The molecule has 0 radical (unpaired) electrons. The molecule has 3 heteroatoms. The van der Waals surface area contributed by atoms with Crippen molar-refractivity contribution in [2.45, 2.75) is 39.2 Å². The van der Waals surface area contributed by atoms with Crippen molar-refractivity contribution in [2.75, 3.05) is 11.9 Å². The molecule has 2 aromatic rings. The maximum absolute atomic E-state index is 4.57. The van der Waals surface area contributed by atoms with Gasteiger partial charge in [0.1, 0.15) is 0 Å². The number of hydrogen-bond donors (Lipinski definition) is 1. The fourth-order valence-electron chi connectivity index (χ4n) is 2.83. The maximum atomic E-state index is 4.57. The van der Waals surface area contributed by atoms with Crippen molar-refractivity contribution >= 4 is 5.95 Å². The Bertz CT molecular complexity index is 571. The summed E-state index contributed by atoms with van der Waals surface area (Å²) in [6.07, 6.45) is 4.47. The van der Waals surface area contributed by atoms with E-state index in [1.54, 1.807) is 0 Å². The Labute approximate surface area is 114 Å². The first-order chi connectivity index (χ1) is 9.28. The summed E-state index contributed by atoms with van der Waals surface area (Å²) < 4.78 is 2.27. The Kier molecular flexibility index (Phi) is 3.28. The molecule has 0 bridgehead atoms. The summed E-state index contributed by atoms with van der Waals surface area (Å²) in [6.45, 7) is 6.25. The van der Waals surface area contributed by atoms with Crippen LogP contribution in [0.1, 0.15) is 36.1 Å². The molecule has 1 aliphatic carbocycles. The summed E-state index contributed by atoms with van der Waals surface area (Å²) in [6, 6.07) is 8.76. The van der Waals surface area contributed by atoms with Crippen LogP contribution in [-0.4, -0.2) is 16.1 Å². The highest BCUT2D eigenvalue weighted by atomic mass is 15.2. The molecule has 1 atom stereocenters. The molecule has 1 aromatic carbocycles. The SMILES string of the molecule is CCCNc1nc(C)cn1CC1Cc2ccccc21. The van der Waals surface area contributed by atoms with E-state index in [9.17, 15) is 0 Å². The molecule has 0 fully saturated rings. The van der Waals surface area contributed by atoms with Gasteiger partial charge in [0.15, 0.2) is 0 Å². The lowest BCUT2D eigenvalue weighted by Crippen LogP contribution is -2.22. The second kappa shape index (κ2) is 5.08. The molecule has 19 heavy (non-hydrogen) atoms. The molecule has 1 aromatic heterocycles. The lowest BCUT2D eigenvalue weighted by Gasteiger charge is -2.30. The van der Waals surface area contributed by atoms with Crippen molar-refractivity contribution in [1.29, 1.82) is 0 Å². The second-order valence-corrected chi connectivity index (χ2v) is 5.38. The predicted octanol–water partition coefficient (Wildman–Crippen LogP) is 3.35. The number of nitrogens with one attached hydrogen (secondary N) is 1. The highest BCUT2D eigenvalue weighted by Crippen LogP contribution is 2.36. The highest BCUT2D eigenvalue weighted by Gasteiger charge is 2.26. The summed E-state index contributed by atoms with van der Waals surface area (Å²) in [5.41, 5.74) is 4.11. The van der Waals surface area contributed by atoms with E-state index in [0.29, 0.717) is 5.92 Å². The van der Waals surface area contributed by atoms with Crippen molar-refractivity contribution in [3.05, 3.63) is 47.3 Å². The van der Waals surface area contributed by atoms with Gasteiger partial charge >= 0.3 is 0 Å². The summed E-state index contributed by atoms with van der Waals surface area (Å²) >= 11 is 0. The standard InChI is InChI=1S/C16H21N3/c1-3-8-17-16-18-12(2)10-19(16)11-14-9-13-6-4-5-7-15(13)14/h4-7,10,14H,3,8-9,11H2,1-2H3,(H,17,18). The van der Waals surface area contributed by atoms with Gasteiger partial charge < -0.3 is 9.88 Å². The third kappa shape index (κ3) is 2.37. The summed E-state index contributed by atoms with van der Waals surface area (Å²) in [4.78, 5) is 4.57. The largest absolute Gasteiger partial charge is 0.356 e. The van der Waals surface area contributed by atoms with E-state index < -0.39 is 0 Å². The minimum Gasteiger partial charge on any atom is -0.356 e. The number of fused-ring (bicyclic) bond motifs is 1. The van der Waals surface area contributed by atoms with E-state index in [4.69, 9.17) is 0 Å². The van der Waals surface area contributed by atoms with Crippen LogP contribution < -0.4 is 5.32 Å². The number of aromatic nitrogens is 2. The summed E-state index contributed by atoms with van der Waals surface area (Å²) in [5.74, 6) is 1.66. The van der Waals surface area contributed by atoms with Gasteiger partial charge in [-0.25, -0.2) is 4.98 Å². The van der Waals surface area contributed by atoms with Crippen LogP contribution in [-0.2, 0) is 13.0 Å². The normalized spacial score (nSPS) is 16.8. The minimum atomic E-state index is 0.645. The Balaban J connectivity index is 1.74. The number of benzene rings is 1. The average molecular weight is 255 g/mol. The Morgan fingerprint density at radius 2 is 2.21 bits per heavy atom. The molecule has 1 unspecified atom stereocenters. The number of rotatable bonds is 5. The van der Waals surface area contributed by atoms with Crippen LogP contribution in [0.3, 0.4) is 0 Å². The van der Waals surface area contributed by atoms with Crippen LogP contribution in [0, 0.1) is 6.92 Å². The number of hydrogen-bond acceptors (Lipinski definition) is 2.